The first-order valence-corrected chi connectivity index (χ1v) is 11.0. The normalized spacial score (nSPS) is 19.3. The molecule has 9 nitrogen and oxygen atoms in total. The second-order valence-electron chi connectivity index (χ2n) is 7.79. The zero-order valence-electron chi connectivity index (χ0n) is 16.7. The number of carboxylic acids is 1. The highest BCUT2D eigenvalue weighted by Gasteiger charge is 2.46. The Morgan fingerprint density at radius 2 is 1.66 bits per heavy atom. The van der Waals surface area contributed by atoms with Gasteiger partial charge in [-0.1, -0.05) is 24.3 Å². The fourth-order valence-electron chi connectivity index (χ4n) is 4.18. The van der Waals surface area contributed by atoms with Crippen LogP contribution in [0.1, 0.15) is 49.7 Å². The van der Waals surface area contributed by atoms with E-state index in [9.17, 15) is 24.3 Å². The van der Waals surface area contributed by atoms with Gasteiger partial charge in [-0.25, -0.2) is 14.8 Å². The predicted molar refractivity (Wildman–Crippen MR) is 113 cm³/mol. The Bertz CT molecular complexity index is 1220. The molecule has 0 bridgehead atoms. The van der Waals surface area contributed by atoms with Gasteiger partial charge >= 0.3 is 5.97 Å². The van der Waals surface area contributed by atoms with Gasteiger partial charge in [0, 0.05) is 55.2 Å². The van der Waals surface area contributed by atoms with Crippen LogP contribution in [-0.4, -0.2) is 67.9 Å². The molecule has 0 atom stereocenters. The number of piperidine rings is 1. The number of thioether (sulfide) groups is 1. The van der Waals surface area contributed by atoms with Crippen molar-refractivity contribution in [3.05, 3.63) is 64.1 Å². The lowest BCUT2D eigenvalue weighted by Gasteiger charge is -2.45. The van der Waals surface area contributed by atoms with Crippen LogP contribution in [-0.2, 0) is 9.53 Å². The largest absolute Gasteiger partial charge is 0.484 e. The molecule has 2 aromatic rings. The number of carbonyl (C=O) groups excluding carboxylic acids is 3. The summed E-state index contributed by atoms with van der Waals surface area (Å²) in [6.45, 7) is 0.679. The molecule has 2 aliphatic heterocycles. The molecular weight excluding hydrogens is 434 g/mol. The number of Topliss-reactive ketones (excluding diaryl/α,β-unsaturated/α-hetero) is 2. The van der Waals surface area contributed by atoms with Gasteiger partial charge < -0.3 is 14.7 Å². The fourth-order valence-corrected chi connectivity index (χ4v) is 5.44. The minimum atomic E-state index is -1.31. The summed E-state index contributed by atoms with van der Waals surface area (Å²) in [5.41, 5.74) is -0.205. The van der Waals surface area contributed by atoms with Gasteiger partial charge in [0.25, 0.3) is 5.91 Å². The van der Waals surface area contributed by atoms with E-state index in [1.54, 1.807) is 29.2 Å². The molecule has 1 fully saturated rings. The number of aromatic nitrogens is 2. The van der Waals surface area contributed by atoms with E-state index in [0.717, 1.165) is 0 Å². The summed E-state index contributed by atoms with van der Waals surface area (Å²) in [4.78, 5) is 58.8. The van der Waals surface area contributed by atoms with Crippen molar-refractivity contribution in [2.75, 3.05) is 18.8 Å². The molecule has 32 heavy (non-hydrogen) atoms. The molecule has 1 amide bonds. The molecule has 3 aliphatic rings. The molecule has 1 aromatic heterocycles. The first-order chi connectivity index (χ1) is 15.4. The summed E-state index contributed by atoms with van der Waals surface area (Å²) in [5, 5.41) is 9.29. The Morgan fingerprint density at radius 3 is 2.34 bits per heavy atom. The third-order valence-corrected chi connectivity index (χ3v) is 7.23. The number of nitrogens with zero attached hydrogens (tertiary/aromatic N) is 3. The van der Waals surface area contributed by atoms with Gasteiger partial charge in [-0.3, -0.25) is 14.4 Å². The molecule has 1 spiro atoms. The lowest BCUT2D eigenvalue weighted by Crippen LogP contribution is -2.51. The smallest absolute Gasteiger partial charge is 0.356 e. The Hall–Kier alpha value is -3.53. The van der Waals surface area contributed by atoms with E-state index in [2.05, 4.69) is 9.97 Å². The van der Waals surface area contributed by atoms with Crippen LogP contribution in [0.25, 0.3) is 5.76 Å². The van der Waals surface area contributed by atoms with E-state index in [1.165, 1.54) is 24.2 Å². The minimum absolute atomic E-state index is 0.190. The quantitative estimate of drug-likeness (QED) is 0.683. The number of aromatic carboxylic acids is 1. The molecule has 3 heterocycles. The van der Waals surface area contributed by atoms with Gasteiger partial charge in [0.1, 0.15) is 16.3 Å². The second-order valence-corrected chi connectivity index (χ2v) is 8.77. The van der Waals surface area contributed by atoms with E-state index in [4.69, 9.17) is 4.74 Å². The molecule has 1 aromatic carbocycles. The average Bonchev–Trinajstić information content (AvgIpc) is 2.82. The van der Waals surface area contributed by atoms with Gasteiger partial charge in [0.05, 0.1) is 0 Å². The van der Waals surface area contributed by atoms with Crippen LogP contribution in [0.3, 0.4) is 0 Å². The van der Waals surface area contributed by atoms with Crippen molar-refractivity contribution in [3.63, 3.8) is 0 Å². The Kier molecular flexibility index (Phi) is 4.81. The summed E-state index contributed by atoms with van der Waals surface area (Å²) in [7, 11) is 0. The van der Waals surface area contributed by atoms with Crippen LogP contribution < -0.4 is 0 Å². The summed E-state index contributed by atoms with van der Waals surface area (Å²) < 4.78 is 6.39. The van der Waals surface area contributed by atoms with E-state index in [1.807, 2.05) is 0 Å². The number of amides is 1. The Labute approximate surface area is 186 Å². The highest BCUT2D eigenvalue weighted by molar-refractivity contribution is 8.04. The van der Waals surface area contributed by atoms with Crippen LogP contribution in [0.2, 0.25) is 0 Å². The number of benzene rings is 1. The van der Waals surface area contributed by atoms with Crippen LogP contribution >= 0.6 is 11.8 Å². The van der Waals surface area contributed by atoms with Gasteiger partial charge in [0.2, 0.25) is 11.6 Å². The van der Waals surface area contributed by atoms with E-state index in [0.29, 0.717) is 53.5 Å². The van der Waals surface area contributed by atoms with Gasteiger partial charge in [-0.2, -0.15) is 0 Å². The number of carboxylic acid groups (broad SMARTS) is 1. The number of hydrogen-bond acceptors (Lipinski definition) is 8. The molecule has 0 radical (unpaired) electrons. The second kappa shape index (κ2) is 7.56. The maximum absolute atomic E-state index is 12.9. The first kappa shape index (κ1) is 20.4. The SMILES string of the molecule is O=C1C(=O)c2ccccc2C2=C1SCC1(CCN(C(=O)c3nccnc3C(=O)O)CC1)O2. The Morgan fingerprint density at radius 1 is 1.00 bits per heavy atom. The fraction of sp³-hybridized carbons (Fsp3) is 0.273. The van der Waals surface area contributed by atoms with Crippen molar-refractivity contribution in [2.45, 2.75) is 18.4 Å². The highest BCUT2D eigenvalue weighted by atomic mass is 32.2. The number of rotatable bonds is 2. The van der Waals surface area contributed by atoms with E-state index >= 15 is 0 Å². The molecule has 10 heteroatoms. The number of likely N-dealkylation sites (tertiary alicyclic amines) is 1. The zero-order valence-corrected chi connectivity index (χ0v) is 17.6. The lowest BCUT2D eigenvalue weighted by molar-refractivity contribution is -0.111. The summed E-state index contributed by atoms with van der Waals surface area (Å²) >= 11 is 1.32. The minimum Gasteiger partial charge on any atom is -0.484 e. The van der Waals surface area contributed by atoms with Crippen LogP contribution in [0.4, 0.5) is 0 Å². The molecule has 1 saturated heterocycles. The number of ether oxygens (including phenoxy) is 1. The van der Waals surface area contributed by atoms with Crippen molar-refractivity contribution in [3.8, 4) is 0 Å². The maximum Gasteiger partial charge on any atom is 0.356 e. The molecular formula is C22H17N3O6S. The summed E-state index contributed by atoms with van der Waals surface area (Å²) in [6, 6.07) is 6.90. The number of fused-ring (bicyclic) bond motifs is 2. The van der Waals surface area contributed by atoms with Gasteiger partial charge in [-0.05, 0) is 0 Å². The number of carbonyl (C=O) groups is 4. The summed E-state index contributed by atoms with van der Waals surface area (Å²) in [6.07, 6.45) is 3.52. The van der Waals surface area contributed by atoms with Crippen molar-refractivity contribution in [2.24, 2.45) is 0 Å². The highest BCUT2D eigenvalue weighted by Crippen LogP contribution is 2.47. The lowest BCUT2D eigenvalue weighted by atomic mass is 9.90. The molecule has 162 valence electrons. The van der Waals surface area contributed by atoms with Crippen molar-refractivity contribution >= 4 is 41.0 Å². The van der Waals surface area contributed by atoms with Crippen molar-refractivity contribution in [1.82, 2.24) is 14.9 Å². The number of allylic oxidation sites excluding steroid dienone is 1. The first-order valence-electron chi connectivity index (χ1n) is 9.98. The van der Waals surface area contributed by atoms with Crippen molar-refractivity contribution < 1.29 is 29.0 Å². The van der Waals surface area contributed by atoms with E-state index in [-0.39, 0.29) is 11.4 Å². The number of hydrogen-bond donors (Lipinski definition) is 1. The molecule has 1 aliphatic carbocycles. The third-order valence-electron chi connectivity index (χ3n) is 5.90. The summed E-state index contributed by atoms with van der Waals surface area (Å²) in [5.74, 6) is -1.95. The monoisotopic (exact) mass is 451 g/mol. The number of ketones is 2. The molecule has 5 rings (SSSR count). The third kappa shape index (κ3) is 3.18. The average molecular weight is 451 g/mol. The predicted octanol–water partition coefficient (Wildman–Crippen LogP) is 2.05. The topological polar surface area (TPSA) is 127 Å². The van der Waals surface area contributed by atoms with E-state index < -0.39 is 29.0 Å². The molecule has 0 unspecified atom stereocenters. The zero-order chi connectivity index (χ0) is 22.5. The molecule has 1 N–H and O–H groups in total. The standard InChI is InChI=1S/C22H17N3O6S/c26-16-12-3-1-2-4-13(12)18-19(17(16)27)32-11-22(31-18)5-9-25(10-6-22)20(28)14-15(21(29)30)24-8-7-23-14/h1-4,7-8H,5-6,9-11H2,(H,29,30). The van der Waals surface area contributed by atoms with Crippen LogP contribution in [0.15, 0.2) is 41.6 Å². The molecule has 0 saturated carbocycles. The van der Waals surface area contributed by atoms with Gasteiger partial charge in [0.15, 0.2) is 11.4 Å². The van der Waals surface area contributed by atoms with Crippen LogP contribution in [0.5, 0.6) is 0 Å². The van der Waals surface area contributed by atoms with Gasteiger partial charge in [-0.15, -0.1) is 11.8 Å². The van der Waals surface area contributed by atoms with Crippen LogP contribution in [0, 0.1) is 0 Å². The maximum atomic E-state index is 12.9. The Balaban J connectivity index is 1.37. The van der Waals surface area contributed by atoms with Crippen molar-refractivity contribution in [1.29, 1.82) is 0 Å².